The lowest BCUT2D eigenvalue weighted by atomic mass is 10.2. The average Bonchev–Trinajstić information content (AvgIpc) is 3.12. The molecular formula is C20H22N4O2. The van der Waals surface area contributed by atoms with Gasteiger partial charge in [0, 0.05) is 44.3 Å². The monoisotopic (exact) mass is 350 g/mol. The zero-order chi connectivity index (χ0) is 17.9. The van der Waals surface area contributed by atoms with Crippen molar-refractivity contribution in [3.8, 4) is 0 Å². The minimum absolute atomic E-state index is 0.0474. The molecule has 3 aromatic rings. The van der Waals surface area contributed by atoms with Crippen LogP contribution < -0.4 is 10.2 Å². The molecule has 0 bridgehead atoms. The van der Waals surface area contributed by atoms with E-state index >= 15 is 0 Å². The minimum atomic E-state index is -0.0474. The van der Waals surface area contributed by atoms with Gasteiger partial charge in [0.25, 0.3) is 5.91 Å². The van der Waals surface area contributed by atoms with Crippen molar-refractivity contribution in [1.29, 1.82) is 0 Å². The first kappa shape index (κ1) is 16.4. The molecule has 1 fully saturated rings. The summed E-state index contributed by atoms with van der Waals surface area (Å²) in [5, 5.41) is 4.31. The van der Waals surface area contributed by atoms with E-state index in [1.807, 2.05) is 53.6 Å². The molecule has 0 aliphatic carbocycles. The summed E-state index contributed by atoms with van der Waals surface area (Å²) in [6, 6.07) is 13.5. The summed E-state index contributed by atoms with van der Waals surface area (Å²) >= 11 is 0. The highest BCUT2D eigenvalue weighted by Gasteiger charge is 2.26. The minimum Gasteiger partial charge on any atom is -0.451 e. The highest BCUT2D eigenvalue weighted by molar-refractivity contribution is 5.96. The van der Waals surface area contributed by atoms with Crippen LogP contribution in [-0.4, -0.2) is 48.5 Å². The summed E-state index contributed by atoms with van der Waals surface area (Å²) in [5.74, 6) is 1.31. The average molecular weight is 350 g/mol. The van der Waals surface area contributed by atoms with E-state index in [1.165, 1.54) is 0 Å². The second-order valence-electron chi connectivity index (χ2n) is 6.33. The second kappa shape index (κ2) is 7.07. The Labute approximate surface area is 152 Å². The molecule has 1 aliphatic heterocycles. The van der Waals surface area contributed by atoms with E-state index in [0.717, 1.165) is 42.1 Å². The van der Waals surface area contributed by atoms with Gasteiger partial charge < -0.3 is 19.5 Å². The predicted octanol–water partition coefficient (Wildman–Crippen LogP) is 3.22. The van der Waals surface area contributed by atoms with E-state index in [1.54, 1.807) is 0 Å². The van der Waals surface area contributed by atoms with Gasteiger partial charge in [0.2, 0.25) is 0 Å². The smallest absolute Gasteiger partial charge is 0.289 e. The number of carbonyl (C=O) groups excluding carboxylic acids is 1. The molecule has 4 rings (SSSR count). The fourth-order valence-corrected chi connectivity index (χ4v) is 3.34. The summed E-state index contributed by atoms with van der Waals surface area (Å²) in [5.41, 5.74) is 1.78. The number of hydrogen-bond acceptors (Lipinski definition) is 5. The van der Waals surface area contributed by atoms with Crippen LogP contribution >= 0.6 is 0 Å². The van der Waals surface area contributed by atoms with E-state index < -0.39 is 0 Å². The zero-order valence-corrected chi connectivity index (χ0v) is 14.8. The van der Waals surface area contributed by atoms with Crippen LogP contribution in [-0.2, 0) is 0 Å². The van der Waals surface area contributed by atoms with E-state index in [4.69, 9.17) is 4.42 Å². The Balaban J connectivity index is 1.45. The number of para-hydroxylation sites is 1. The fourth-order valence-electron chi connectivity index (χ4n) is 3.34. The maximum absolute atomic E-state index is 12.8. The molecule has 134 valence electrons. The number of hydrogen-bond donors (Lipinski definition) is 1. The van der Waals surface area contributed by atoms with E-state index in [-0.39, 0.29) is 5.91 Å². The van der Waals surface area contributed by atoms with Gasteiger partial charge in [-0.05, 0) is 31.2 Å². The molecule has 6 nitrogen and oxygen atoms in total. The summed E-state index contributed by atoms with van der Waals surface area (Å²) < 4.78 is 5.72. The third kappa shape index (κ3) is 3.10. The molecular weight excluding hydrogens is 328 g/mol. The van der Waals surface area contributed by atoms with Gasteiger partial charge in [-0.25, -0.2) is 4.98 Å². The first-order chi connectivity index (χ1) is 12.8. The number of pyridine rings is 1. The molecule has 1 aliphatic rings. The zero-order valence-electron chi connectivity index (χ0n) is 14.8. The number of amides is 1. The van der Waals surface area contributed by atoms with Crippen molar-refractivity contribution < 1.29 is 9.21 Å². The Morgan fingerprint density at radius 2 is 1.96 bits per heavy atom. The SMILES string of the molecule is CCNc1cccnc1N1CCN(C(=O)c2cc3ccccc3o2)CC1. The van der Waals surface area contributed by atoms with Crippen molar-refractivity contribution in [2.45, 2.75) is 6.92 Å². The van der Waals surface area contributed by atoms with E-state index in [2.05, 4.69) is 22.1 Å². The predicted molar refractivity (Wildman–Crippen MR) is 103 cm³/mol. The molecule has 6 heteroatoms. The van der Waals surface area contributed by atoms with Crippen LogP contribution in [0, 0.1) is 0 Å². The molecule has 1 saturated heterocycles. The molecule has 1 amide bonds. The molecule has 0 spiro atoms. The number of anilines is 2. The molecule has 0 atom stereocenters. The Kier molecular flexibility index (Phi) is 4.48. The van der Waals surface area contributed by atoms with Crippen LogP contribution in [0.5, 0.6) is 0 Å². The third-order valence-corrected chi connectivity index (χ3v) is 4.66. The second-order valence-corrected chi connectivity index (χ2v) is 6.33. The lowest BCUT2D eigenvalue weighted by Gasteiger charge is -2.35. The van der Waals surface area contributed by atoms with E-state index in [9.17, 15) is 4.79 Å². The van der Waals surface area contributed by atoms with Crippen LogP contribution in [0.2, 0.25) is 0 Å². The van der Waals surface area contributed by atoms with Gasteiger partial charge in [-0.1, -0.05) is 18.2 Å². The number of rotatable bonds is 4. The van der Waals surface area contributed by atoms with Gasteiger partial charge in [0.05, 0.1) is 5.69 Å². The van der Waals surface area contributed by atoms with Gasteiger partial charge in [-0.15, -0.1) is 0 Å². The highest BCUT2D eigenvalue weighted by atomic mass is 16.3. The maximum atomic E-state index is 12.8. The molecule has 0 radical (unpaired) electrons. The maximum Gasteiger partial charge on any atom is 0.289 e. The highest BCUT2D eigenvalue weighted by Crippen LogP contribution is 2.25. The van der Waals surface area contributed by atoms with Crippen molar-refractivity contribution in [3.63, 3.8) is 0 Å². The Morgan fingerprint density at radius 1 is 1.15 bits per heavy atom. The topological polar surface area (TPSA) is 61.6 Å². The number of nitrogens with zero attached hydrogens (tertiary/aromatic N) is 3. The Hall–Kier alpha value is -3.02. The first-order valence-corrected chi connectivity index (χ1v) is 8.98. The number of benzene rings is 1. The van der Waals surface area contributed by atoms with Crippen LogP contribution in [0.15, 0.2) is 53.1 Å². The quantitative estimate of drug-likeness (QED) is 0.783. The lowest BCUT2D eigenvalue weighted by molar-refractivity contribution is 0.0717. The standard InChI is InChI=1S/C20H22N4O2/c1-2-21-16-7-5-9-22-19(16)23-10-12-24(13-11-23)20(25)18-14-15-6-3-4-8-17(15)26-18/h3-9,14,21H,2,10-13H2,1H3. The molecule has 1 aromatic carbocycles. The largest absolute Gasteiger partial charge is 0.451 e. The van der Waals surface area contributed by atoms with Crippen LogP contribution in [0.25, 0.3) is 11.0 Å². The van der Waals surface area contributed by atoms with Crippen molar-refractivity contribution in [2.24, 2.45) is 0 Å². The third-order valence-electron chi connectivity index (χ3n) is 4.66. The number of piperazine rings is 1. The number of carbonyl (C=O) groups is 1. The summed E-state index contributed by atoms with van der Waals surface area (Å²) in [4.78, 5) is 21.4. The van der Waals surface area contributed by atoms with Crippen LogP contribution in [0.1, 0.15) is 17.5 Å². The summed E-state index contributed by atoms with van der Waals surface area (Å²) in [6.45, 7) is 5.72. The summed E-state index contributed by atoms with van der Waals surface area (Å²) in [7, 11) is 0. The lowest BCUT2D eigenvalue weighted by Crippen LogP contribution is -2.49. The normalized spacial score (nSPS) is 14.7. The van der Waals surface area contributed by atoms with Gasteiger partial charge in [-0.2, -0.15) is 0 Å². The number of nitrogens with one attached hydrogen (secondary N) is 1. The number of fused-ring (bicyclic) bond motifs is 1. The Bertz CT molecular complexity index is 880. The van der Waals surface area contributed by atoms with E-state index in [0.29, 0.717) is 18.8 Å². The van der Waals surface area contributed by atoms with Crippen molar-refractivity contribution in [3.05, 3.63) is 54.4 Å². The molecule has 1 N–H and O–H groups in total. The fraction of sp³-hybridized carbons (Fsp3) is 0.300. The van der Waals surface area contributed by atoms with Gasteiger partial charge in [0.1, 0.15) is 5.58 Å². The molecule has 0 unspecified atom stereocenters. The number of aromatic nitrogens is 1. The van der Waals surface area contributed by atoms with Gasteiger partial charge in [0.15, 0.2) is 11.6 Å². The van der Waals surface area contributed by atoms with Crippen LogP contribution in [0.3, 0.4) is 0 Å². The first-order valence-electron chi connectivity index (χ1n) is 8.98. The van der Waals surface area contributed by atoms with Crippen molar-refractivity contribution in [2.75, 3.05) is 42.9 Å². The van der Waals surface area contributed by atoms with Gasteiger partial charge in [-0.3, -0.25) is 4.79 Å². The molecule has 26 heavy (non-hydrogen) atoms. The molecule has 2 aromatic heterocycles. The molecule has 0 saturated carbocycles. The van der Waals surface area contributed by atoms with Crippen molar-refractivity contribution >= 4 is 28.4 Å². The Morgan fingerprint density at radius 3 is 2.73 bits per heavy atom. The van der Waals surface area contributed by atoms with Crippen LogP contribution in [0.4, 0.5) is 11.5 Å². The summed E-state index contributed by atoms with van der Waals surface area (Å²) in [6.07, 6.45) is 1.81. The molecule has 3 heterocycles. The number of furan rings is 1. The van der Waals surface area contributed by atoms with Gasteiger partial charge >= 0.3 is 0 Å². The van der Waals surface area contributed by atoms with Crippen molar-refractivity contribution in [1.82, 2.24) is 9.88 Å².